The first-order valence-corrected chi connectivity index (χ1v) is 4.84. The summed E-state index contributed by atoms with van der Waals surface area (Å²) in [4.78, 5) is 0. The van der Waals surface area contributed by atoms with Crippen molar-refractivity contribution in [2.24, 2.45) is 0 Å². The summed E-state index contributed by atoms with van der Waals surface area (Å²) in [6.45, 7) is 3.45. The Hall–Kier alpha value is -0.410. The van der Waals surface area contributed by atoms with Crippen molar-refractivity contribution in [3.63, 3.8) is 0 Å². The number of rotatable bonds is 2. The summed E-state index contributed by atoms with van der Waals surface area (Å²) < 4.78 is 13.4. The molecule has 0 fully saturated rings. The zero-order valence-corrected chi connectivity index (χ0v) is 9.23. The molecular formula is C10H12BrFO. The van der Waals surface area contributed by atoms with Gasteiger partial charge in [-0.2, -0.15) is 0 Å². The molecule has 13 heavy (non-hydrogen) atoms. The van der Waals surface area contributed by atoms with E-state index in [9.17, 15) is 9.50 Å². The molecule has 0 aliphatic carbocycles. The Kier molecular flexibility index (Phi) is 3.09. The van der Waals surface area contributed by atoms with Crippen LogP contribution in [0.3, 0.4) is 0 Å². The van der Waals surface area contributed by atoms with E-state index in [2.05, 4.69) is 15.9 Å². The Labute approximate surface area is 85.7 Å². The number of aliphatic hydroxyl groups is 1. The molecule has 0 radical (unpaired) electrons. The molecule has 0 saturated carbocycles. The zero-order chi connectivity index (χ0) is 10.1. The molecule has 72 valence electrons. The third kappa shape index (κ3) is 3.44. The van der Waals surface area contributed by atoms with Gasteiger partial charge in [-0.15, -0.1) is 0 Å². The SMILES string of the molecule is CC(C)(O)Cc1ccc(F)cc1Br. The van der Waals surface area contributed by atoms with Crippen LogP contribution in [0.25, 0.3) is 0 Å². The van der Waals surface area contributed by atoms with Crippen LogP contribution in [-0.4, -0.2) is 10.7 Å². The molecule has 0 aliphatic rings. The van der Waals surface area contributed by atoms with E-state index in [4.69, 9.17) is 0 Å². The van der Waals surface area contributed by atoms with E-state index in [1.807, 2.05) is 0 Å². The van der Waals surface area contributed by atoms with Gasteiger partial charge in [-0.25, -0.2) is 4.39 Å². The highest BCUT2D eigenvalue weighted by Gasteiger charge is 2.15. The Morgan fingerprint density at radius 2 is 2.08 bits per heavy atom. The van der Waals surface area contributed by atoms with Crippen molar-refractivity contribution in [1.82, 2.24) is 0 Å². The van der Waals surface area contributed by atoms with E-state index < -0.39 is 5.60 Å². The molecule has 0 amide bonds. The minimum absolute atomic E-state index is 0.272. The van der Waals surface area contributed by atoms with Crippen LogP contribution in [0.4, 0.5) is 4.39 Å². The van der Waals surface area contributed by atoms with E-state index >= 15 is 0 Å². The molecule has 0 atom stereocenters. The number of benzene rings is 1. The lowest BCUT2D eigenvalue weighted by atomic mass is 9.99. The predicted molar refractivity (Wildman–Crippen MR) is 54.1 cm³/mol. The smallest absolute Gasteiger partial charge is 0.124 e. The summed E-state index contributed by atoms with van der Waals surface area (Å²) >= 11 is 3.25. The fraction of sp³-hybridized carbons (Fsp3) is 0.400. The fourth-order valence-corrected chi connectivity index (χ4v) is 1.62. The van der Waals surface area contributed by atoms with Gasteiger partial charge >= 0.3 is 0 Å². The quantitative estimate of drug-likeness (QED) is 0.851. The molecule has 0 spiro atoms. The van der Waals surface area contributed by atoms with E-state index in [0.717, 1.165) is 5.56 Å². The summed E-state index contributed by atoms with van der Waals surface area (Å²) in [7, 11) is 0. The largest absolute Gasteiger partial charge is 0.390 e. The van der Waals surface area contributed by atoms with Crippen molar-refractivity contribution in [2.45, 2.75) is 25.9 Å². The van der Waals surface area contributed by atoms with Gasteiger partial charge in [-0.3, -0.25) is 0 Å². The van der Waals surface area contributed by atoms with Crippen molar-refractivity contribution in [2.75, 3.05) is 0 Å². The highest BCUT2D eigenvalue weighted by molar-refractivity contribution is 9.10. The molecule has 1 N–H and O–H groups in total. The second-order valence-electron chi connectivity index (χ2n) is 3.72. The van der Waals surface area contributed by atoms with Crippen LogP contribution in [-0.2, 0) is 6.42 Å². The summed E-state index contributed by atoms with van der Waals surface area (Å²) in [5.41, 5.74) is 0.147. The van der Waals surface area contributed by atoms with Crippen molar-refractivity contribution >= 4 is 15.9 Å². The molecule has 1 nitrogen and oxygen atoms in total. The highest BCUT2D eigenvalue weighted by Crippen LogP contribution is 2.22. The Morgan fingerprint density at radius 1 is 1.46 bits per heavy atom. The summed E-state index contributed by atoms with van der Waals surface area (Å²) in [6.07, 6.45) is 0.508. The Balaban J connectivity index is 2.90. The molecule has 0 saturated heterocycles. The van der Waals surface area contributed by atoms with Gasteiger partial charge < -0.3 is 5.11 Å². The van der Waals surface area contributed by atoms with Crippen LogP contribution >= 0.6 is 15.9 Å². The van der Waals surface area contributed by atoms with Gasteiger partial charge in [0, 0.05) is 10.9 Å². The van der Waals surface area contributed by atoms with Crippen LogP contribution in [0.1, 0.15) is 19.4 Å². The molecule has 0 bridgehead atoms. The van der Waals surface area contributed by atoms with Crippen molar-refractivity contribution in [1.29, 1.82) is 0 Å². The van der Waals surface area contributed by atoms with E-state index in [-0.39, 0.29) is 5.82 Å². The van der Waals surface area contributed by atoms with Crippen molar-refractivity contribution < 1.29 is 9.50 Å². The minimum Gasteiger partial charge on any atom is -0.390 e. The van der Waals surface area contributed by atoms with Crippen LogP contribution in [0.15, 0.2) is 22.7 Å². The average molecular weight is 247 g/mol. The lowest BCUT2D eigenvalue weighted by Gasteiger charge is -2.17. The van der Waals surface area contributed by atoms with Gasteiger partial charge in [0.25, 0.3) is 0 Å². The second kappa shape index (κ2) is 3.76. The summed E-state index contributed by atoms with van der Waals surface area (Å²) in [5, 5.41) is 9.55. The maximum Gasteiger partial charge on any atom is 0.124 e. The molecule has 1 aromatic rings. The fourth-order valence-electron chi connectivity index (χ4n) is 1.13. The Morgan fingerprint density at radius 3 is 2.54 bits per heavy atom. The lowest BCUT2D eigenvalue weighted by molar-refractivity contribution is 0.0808. The van der Waals surface area contributed by atoms with Crippen LogP contribution in [0.5, 0.6) is 0 Å². The molecular weight excluding hydrogens is 235 g/mol. The van der Waals surface area contributed by atoms with E-state index in [1.54, 1.807) is 19.9 Å². The first-order chi connectivity index (χ1) is 5.88. The first kappa shape index (κ1) is 10.7. The van der Waals surface area contributed by atoms with E-state index in [1.165, 1.54) is 12.1 Å². The zero-order valence-electron chi connectivity index (χ0n) is 7.64. The summed E-state index contributed by atoms with van der Waals surface area (Å²) in [6, 6.07) is 4.48. The maximum absolute atomic E-state index is 12.7. The van der Waals surface area contributed by atoms with Gasteiger partial charge in [-0.1, -0.05) is 22.0 Å². The van der Waals surface area contributed by atoms with Gasteiger partial charge in [0.15, 0.2) is 0 Å². The molecule has 1 rings (SSSR count). The number of hydrogen-bond acceptors (Lipinski definition) is 1. The average Bonchev–Trinajstić information content (AvgIpc) is 1.93. The number of halogens is 2. The molecule has 0 heterocycles. The van der Waals surface area contributed by atoms with Crippen molar-refractivity contribution in [3.05, 3.63) is 34.1 Å². The first-order valence-electron chi connectivity index (χ1n) is 4.05. The van der Waals surface area contributed by atoms with E-state index in [0.29, 0.717) is 10.9 Å². The topological polar surface area (TPSA) is 20.2 Å². The molecule has 3 heteroatoms. The minimum atomic E-state index is -0.764. The molecule has 0 aliphatic heterocycles. The molecule has 1 aromatic carbocycles. The highest BCUT2D eigenvalue weighted by atomic mass is 79.9. The third-order valence-corrected chi connectivity index (χ3v) is 2.38. The van der Waals surface area contributed by atoms with Gasteiger partial charge in [0.2, 0.25) is 0 Å². The second-order valence-corrected chi connectivity index (χ2v) is 4.58. The van der Waals surface area contributed by atoms with Gasteiger partial charge in [0.1, 0.15) is 5.82 Å². The Bertz CT molecular complexity index is 304. The third-order valence-electron chi connectivity index (χ3n) is 1.64. The van der Waals surface area contributed by atoms with Gasteiger partial charge in [0.05, 0.1) is 5.60 Å². The standard InChI is InChI=1S/C10H12BrFO/c1-10(2,13)6-7-3-4-8(12)5-9(7)11/h3-5,13H,6H2,1-2H3. The molecule has 0 aromatic heterocycles. The van der Waals surface area contributed by atoms with Crippen LogP contribution < -0.4 is 0 Å². The number of hydrogen-bond donors (Lipinski definition) is 1. The van der Waals surface area contributed by atoms with Crippen LogP contribution in [0, 0.1) is 5.82 Å². The van der Waals surface area contributed by atoms with Crippen LogP contribution in [0.2, 0.25) is 0 Å². The predicted octanol–water partition coefficient (Wildman–Crippen LogP) is 2.90. The monoisotopic (exact) mass is 246 g/mol. The lowest BCUT2D eigenvalue weighted by Crippen LogP contribution is -2.22. The maximum atomic E-state index is 12.7. The van der Waals surface area contributed by atoms with Crippen molar-refractivity contribution in [3.8, 4) is 0 Å². The normalized spacial score (nSPS) is 11.8. The molecule has 0 unspecified atom stereocenters. The van der Waals surface area contributed by atoms with Gasteiger partial charge in [-0.05, 0) is 31.5 Å². The summed E-state index contributed by atoms with van der Waals surface area (Å²) in [5.74, 6) is -0.272.